The summed E-state index contributed by atoms with van der Waals surface area (Å²) in [5.41, 5.74) is 2.13. The summed E-state index contributed by atoms with van der Waals surface area (Å²) in [4.78, 5) is 4.09. The van der Waals surface area contributed by atoms with Crippen LogP contribution in [0, 0.1) is 0 Å². The lowest BCUT2D eigenvalue weighted by Crippen LogP contribution is -2.42. The minimum Gasteiger partial charge on any atom is -0.345 e. The van der Waals surface area contributed by atoms with Crippen molar-refractivity contribution in [3.8, 4) is 0 Å². The van der Waals surface area contributed by atoms with Gasteiger partial charge in [0, 0.05) is 10.2 Å². The molecule has 0 unspecified atom stereocenters. The monoisotopic (exact) mass is 188 g/mol. The summed E-state index contributed by atoms with van der Waals surface area (Å²) >= 11 is 0. The second kappa shape index (κ2) is 6.36. The van der Waals surface area contributed by atoms with Crippen LogP contribution in [0.5, 0.6) is 0 Å². The van der Waals surface area contributed by atoms with Crippen molar-refractivity contribution in [1.29, 1.82) is 0 Å². The van der Waals surface area contributed by atoms with Gasteiger partial charge in [-0.15, -0.1) is 5.70 Å². The molecule has 4 heteroatoms. The average Bonchev–Trinajstić information content (AvgIpc) is 1.96. The quantitative estimate of drug-likeness (QED) is 0.419. The van der Waals surface area contributed by atoms with Crippen molar-refractivity contribution in [1.82, 2.24) is 9.80 Å². The number of nitrogens with zero attached hydrogens (tertiary/aromatic N) is 2. The fraction of sp³-hybridized carbons (Fsp3) is 0.750. The van der Waals surface area contributed by atoms with Gasteiger partial charge in [-0.05, 0) is 28.2 Å². The number of hydrogen-bond acceptors (Lipinski definition) is 3. The Kier molecular flexibility index (Phi) is 6.28. The lowest BCUT2D eigenvalue weighted by atomic mass is 10.6. The van der Waals surface area contributed by atoms with Crippen molar-refractivity contribution in [3.63, 3.8) is 0 Å². The molecular formula is C8H20N2OSi. The van der Waals surface area contributed by atoms with Crippen LogP contribution in [-0.4, -0.2) is 61.2 Å². The molecule has 72 valence electrons. The molecule has 3 nitrogen and oxygen atoms in total. The first-order valence-electron chi connectivity index (χ1n) is 4.15. The van der Waals surface area contributed by atoms with Crippen molar-refractivity contribution in [2.24, 2.45) is 0 Å². The van der Waals surface area contributed by atoms with E-state index in [-0.39, 0.29) is 6.35 Å². The van der Waals surface area contributed by atoms with E-state index in [1.165, 1.54) is 0 Å². The molecule has 0 rings (SSSR count). The second-order valence-electron chi connectivity index (χ2n) is 3.16. The van der Waals surface area contributed by atoms with E-state index in [1.54, 1.807) is 0 Å². The van der Waals surface area contributed by atoms with Crippen molar-refractivity contribution < 1.29 is 4.74 Å². The van der Waals surface area contributed by atoms with Crippen molar-refractivity contribution in [2.75, 3.05) is 34.8 Å². The Balaban J connectivity index is 3.79. The SMILES string of the molecule is CN(C)C(OCC=C[SiH3])N(C)C. The molecular weight excluding hydrogens is 168 g/mol. The molecule has 0 aromatic carbocycles. The Hall–Kier alpha value is -0.163. The lowest BCUT2D eigenvalue weighted by molar-refractivity contribution is -0.109. The molecule has 0 radical (unpaired) electrons. The molecule has 0 aliphatic carbocycles. The minimum atomic E-state index is 0.0721. The average molecular weight is 188 g/mol. The molecule has 0 fully saturated rings. The Morgan fingerprint density at radius 3 is 2.08 bits per heavy atom. The highest BCUT2D eigenvalue weighted by Crippen LogP contribution is 1.98. The van der Waals surface area contributed by atoms with Gasteiger partial charge in [0.05, 0.1) is 6.61 Å². The molecule has 0 amide bonds. The third-order valence-corrected chi connectivity index (χ3v) is 1.93. The van der Waals surface area contributed by atoms with Crippen LogP contribution < -0.4 is 0 Å². The molecule has 0 saturated heterocycles. The summed E-state index contributed by atoms with van der Waals surface area (Å²) in [6, 6.07) is 0. The third kappa shape index (κ3) is 4.66. The zero-order valence-electron chi connectivity index (χ0n) is 8.74. The zero-order valence-corrected chi connectivity index (χ0v) is 10.7. The molecule has 0 spiro atoms. The predicted octanol–water partition coefficient (Wildman–Crippen LogP) is -0.711. The molecule has 0 aliphatic heterocycles. The van der Waals surface area contributed by atoms with Gasteiger partial charge >= 0.3 is 0 Å². The lowest BCUT2D eigenvalue weighted by Gasteiger charge is -2.29. The summed E-state index contributed by atoms with van der Waals surface area (Å²) < 4.78 is 5.59. The molecule has 0 N–H and O–H groups in total. The van der Waals surface area contributed by atoms with Crippen molar-refractivity contribution in [2.45, 2.75) is 6.35 Å². The van der Waals surface area contributed by atoms with Gasteiger partial charge in [0.25, 0.3) is 0 Å². The molecule has 0 aromatic heterocycles. The van der Waals surface area contributed by atoms with Gasteiger partial charge in [0.15, 0.2) is 6.35 Å². The predicted molar refractivity (Wildman–Crippen MR) is 56.2 cm³/mol. The van der Waals surface area contributed by atoms with E-state index in [2.05, 4.69) is 11.8 Å². The first-order valence-corrected chi connectivity index (χ1v) is 5.30. The summed E-state index contributed by atoms with van der Waals surface area (Å²) in [7, 11) is 9.14. The maximum atomic E-state index is 5.59. The number of hydrogen-bond donors (Lipinski definition) is 0. The Morgan fingerprint density at radius 1 is 1.25 bits per heavy atom. The Labute approximate surface area is 78.4 Å². The van der Waals surface area contributed by atoms with Gasteiger partial charge < -0.3 is 4.74 Å². The van der Waals surface area contributed by atoms with Gasteiger partial charge in [-0.25, -0.2) is 0 Å². The van der Waals surface area contributed by atoms with Crippen LogP contribution in [0.15, 0.2) is 11.8 Å². The summed E-state index contributed by atoms with van der Waals surface area (Å²) in [6.45, 7) is 0.699. The molecule has 0 saturated carbocycles. The smallest absolute Gasteiger partial charge is 0.167 e. The third-order valence-electron chi connectivity index (χ3n) is 1.46. The normalized spacial score (nSPS) is 12.9. The summed E-state index contributed by atoms with van der Waals surface area (Å²) in [5.74, 6) is 0. The minimum absolute atomic E-state index is 0.0721. The van der Waals surface area contributed by atoms with Gasteiger partial charge in [-0.1, -0.05) is 6.08 Å². The largest absolute Gasteiger partial charge is 0.345 e. The Morgan fingerprint density at radius 2 is 1.75 bits per heavy atom. The van der Waals surface area contributed by atoms with Crippen LogP contribution in [-0.2, 0) is 4.74 Å². The highest BCUT2D eigenvalue weighted by Gasteiger charge is 2.12. The molecule has 0 atom stereocenters. The van der Waals surface area contributed by atoms with Crippen molar-refractivity contribution >= 4 is 10.2 Å². The standard InChI is InChI=1S/C8H20N2OSi/c1-9(2)8(10(3)4)11-6-5-7-12/h5,7-8H,6H2,1-4,12H3. The van der Waals surface area contributed by atoms with E-state index >= 15 is 0 Å². The fourth-order valence-corrected chi connectivity index (χ4v) is 1.19. The highest BCUT2D eigenvalue weighted by molar-refractivity contribution is 6.16. The van der Waals surface area contributed by atoms with Crippen LogP contribution in [0.25, 0.3) is 0 Å². The maximum Gasteiger partial charge on any atom is 0.167 e. The Bertz CT molecular complexity index is 129. The highest BCUT2D eigenvalue weighted by atomic mass is 28.1. The van der Waals surface area contributed by atoms with Crippen LogP contribution in [0.1, 0.15) is 0 Å². The number of rotatable bonds is 5. The van der Waals surface area contributed by atoms with E-state index in [0.717, 1.165) is 10.2 Å². The summed E-state index contributed by atoms with van der Waals surface area (Å²) in [5, 5.41) is 0. The van der Waals surface area contributed by atoms with Gasteiger partial charge in [0.1, 0.15) is 0 Å². The summed E-state index contributed by atoms with van der Waals surface area (Å²) in [6.07, 6.45) is 2.13. The van der Waals surface area contributed by atoms with E-state index in [1.807, 2.05) is 38.0 Å². The molecule has 12 heavy (non-hydrogen) atoms. The van der Waals surface area contributed by atoms with Gasteiger partial charge in [-0.2, -0.15) is 0 Å². The van der Waals surface area contributed by atoms with Crippen LogP contribution in [0.2, 0.25) is 0 Å². The molecule has 0 heterocycles. The maximum absolute atomic E-state index is 5.59. The molecule has 0 aromatic rings. The zero-order chi connectivity index (χ0) is 9.56. The number of ether oxygens (including phenoxy) is 1. The van der Waals surface area contributed by atoms with Crippen LogP contribution >= 0.6 is 0 Å². The van der Waals surface area contributed by atoms with E-state index in [0.29, 0.717) is 6.61 Å². The van der Waals surface area contributed by atoms with Crippen LogP contribution in [0.4, 0.5) is 0 Å². The van der Waals surface area contributed by atoms with E-state index in [9.17, 15) is 0 Å². The molecule has 0 bridgehead atoms. The fourth-order valence-electron chi connectivity index (χ4n) is 0.998. The van der Waals surface area contributed by atoms with Gasteiger partial charge in [0.2, 0.25) is 0 Å². The van der Waals surface area contributed by atoms with Crippen molar-refractivity contribution in [3.05, 3.63) is 11.8 Å². The topological polar surface area (TPSA) is 15.7 Å². The van der Waals surface area contributed by atoms with Crippen LogP contribution in [0.3, 0.4) is 0 Å². The molecule has 0 aliphatic rings. The first kappa shape index (κ1) is 11.8. The van der Waals surface area contributed by atoms with Gasteiger partial charge in [-0.3, -0.25) is 9.80 Å². The second-order valence-corrected chi connectivity index (χ2v) is 3.82. The van der Waals surface area contributed by atoms with E-state index in [4.69, 9.17) is 4.74 Å². The first-order chi connectivity index (χ1) is 5.59. The van der Waals surface area contributed by atoms with E-state index < -0.39 is 0 Å².